The molecule has 8 atom stereocenters. The van der Waals surface area contributed by atoms with Crippen LogP contribution in [0.5, 0.6) is 0 Å². The Morgan fingerprint density at radius 3 is 2.67 bits per heavy atom. The SMILES string of the molecule is C[C@H](CCCCO)C1CCC2C3CC=C4CC(O)CCC4(C)C3CCC21C. The van der Waals surface area contributed by atoms with Crippen molar-refractivity contribution in [2.45, 2.75) is 97.5 Å². The van der Waals surface area contributed by atoms with E-state index < -0.39 is 0 Å². The molecule has 0 aromatic carbocycles. The summed E-state index contributed by atoms with van der Waals surface area (Å²) in [6, 6.07) is 0. The van der Waals surface area contributed by atoms with Gasteiger partial charge in [0, 0.05) is 6.61 Å². The molecule has 0 aliphatic heterocycles. The van der Waals surface area contributed by atoms with Crippen molar-refractivity contribution >= 4 is 0 Å². The van der Waals surface area contributed by atoms with Gasteiger partial charge in [-0.1, -0.05) is 45.3 Å². The number of unbranched alkanes of at least 4 members (excludes halogenated alkanes) is 1. The summed E-state index contributed by atoms with van der Waals surface area (Å²) in [7, 11) is 0. The fourth-order valence-electron chi connectivity index (χ4n) is 8.40. The normalized spacial score (nSPS) is 47.6. The summed E-state index contributed by atoms with van der Waals surface area (Å²) < 4.78 is 0. The Kier molecular flexibility index (Phi) is 5.53. The lowest BCUT2D eigenvalue weighted by molar-refractivity contribution is -0.0573. The number of rotatable bonds is 5. The molecule has 4 aliphatic carbocycles. The van der Waals surface area contributed by atoms with Crippen molar-refractivity contribution in [1.29, 1.82) is 0 Å². The van der Waals surface area contributed by atoms with E-state index in [0.29, 0.717) is 17.4 Å². The first kappa shape index (κ1) is 20.0. The lowest BCUT2D eigenvalue weighted by Gasteiger charge is -2.58. The van der Waals surface area contributed by atoms with Crippen molar-refractivity contribution < 1.29 is 10.2 Å². The van der Waals surface area contributed by atoms with Crippen LogP contribution in [0.15, 0.2) is 11.6 Å². The van der Waals surface area contributed by atoms with Crippen molar-refractivity contribution in [1.82, 2.24) is 0 Å². The van der Waals surface area contributed by atoms with Gasteiger partial charge in [-0.15, -0.1) is 0 Å². The van der Waals surface area contributed by atoms with Crippen LogP contribution in [0.1, 0.15) is 91.4 Å². The molecule has 0 heterocycles. The molecule has 4 rings (SSSR count). The summed E-state index contributed by atoms with van der Waals surface area (Å²) in [6.07, 6.45) is 16.0. The highest BCUT2D eigenvalue weighted by molar-refractivity contribution is 5.25. The zero-order valence-electron chi connectivity index (χ0n) is 17.9. The zero-order valence-corrected chi connectivity index (χ0v) is 17.9. The fourth-order valence-corrected chi connectivity index (χ4v) is 8.40. The molecule has 3 fully saturated rings. The standard InChI is InChI=1S/C25H42O2/c1-17(6-4-5-15-26)21-9-10-22-20-8-7-18-16-19(27)11-13-24(18,2)23(20)12-14-25(21,22)3/h7,17,19-23,26-27H,4-6,8-16H2,1-3H3/t17-,19?,20?,21?,22?,23?,24?,25?/m1/s1. The Labute approximate surface area is 166 Å². The van der Waals surface area contributed by atoms with E-state index >= 15 is 0 Å². The van der Waals surface area contributed by atoms with E-state index in [9.17, 15) is 5.11 Å². The van der Waals surface area contributed by atoms with Gasteiger partial charge in [-0.25, -0.2) is 0 Å². The molecule has 0 aromatic rings. The van der Waals surface area contributed by atoms with Crippen molar-refractivity contribution in [3.63, 3.8) is 0 Å². The van der Waals surface area contributed by atoms with Crippen molar-refractivity contribution in [3.05, 3.63) is 11.6 Å². The summed E-state index contributed by atoms with van der Waals surface area (Å²) in [4.78, 5) is 0. The predicted octanol–water partition coefficient (Wildman–Crippen LogP) is 5.73. The van der Waals surface area contributed by atoms with Crippen LogP contribution >= 0.6 is 0 Å². The largest absolute Gasteiger partial charge is 0.396 e. The van der Waals surface area contributed by atoms with Gasteiger partial charge in [0.05, 0.1) is 6.10 Å². The Morgan fingerprint density at radius 2 is 1.89 bits per heavy atom. The third-order valence-electron chi connectivity index (χ3n) is 9.91. The molecule has 0 bridgehead atoms. The van der Waals surface area contributed by atoms with Gasteiger partial charge in [-0.2, -0.15) is 0 Å². The first-order chi connectivity index (χ1) is 12.9. The van der Waals surface area contributed by atoms with Gasteiger partial charge in [0.1, 0.15) is 0 Å². The number of hydrogen-bond donors (Lipinski definition) is 2. The smallest absolute Gasteiger partial charge is 0.0577 e. The minimum atomic E-state index is -0.0923. The lowest BCUT2D eigenvalue weighted by atomic mass is 9.47. The van der Waals surface area contributed by atoms with Crippen LogP contribution in [0.2, 0.25) is 0 Å². The average Bonchev–Trinajstić information content (AvgIpc) is 3.00. The highest BCUT2D eigenvalue weighted by atomic mass is 16.3. The molecule has 154 valence electrons. The van der Waals surface area contributed by atoms with Gasteiger partial charge in [0.15, 0.2) is 0 Å². The number of aliphatic hydroxyl groups excluding tert-OH is 2. The quantitative estimate of drug-likeness (QED) is 0.477. The molecule has 7 unspecified atom stereocenters. The van der Waals surface area contributed by atoms with E-state index in [2.05, 4.69) is 26.8 Å². The van der Waals surface area contributed by atoms with Crippen LogP contribution in [0.4, 0.5) is 0 Å². The van der Waals surface area contributed by atoms with Crippen molar-refractivity contribution in [2.24, 2.45) is 40.4 Å². The first-order valence-corrected chi connectivity index (χ1v) is 11.9. The molecule has 4 aliphatic rings. The molecule has 27 heavy (non-hydrogen) atoms. The summed E-state index contributed by atoms with van der Waals surface area (Å²) in [5, 5.41) is 19.3. The number of aliphatic hydroxyl groups is 2. The van der Waals surface area contributed by atoms with E-state index in [4.69, 9.17) is 5.11 Å². The highest BCUT2D eigenvalue weighted by Gasteiger charge is 2.58. The van der Waals surface area contributed by atoms with E-state index in [1.54, 1.807) is 5.57 Å². The van der Waals surface area contributed by atoms with Crippen LogP contribution < -0.4 is 0 Å². The van der Waals surface area contributed by atoms with Gasteiger partial charge in [0.25, 0.3) is 0 Å². The summed E-state index contributed by atoms with van der Waals surface area (Å²) >= 11 is 0. The maximum atomic E-state index is 10.2. The van der Waals surface area contributed by atoms with Gasteiger partial charge in [-0.05, 0) is 98.2 Å². The molecule has 0 amide bonds. The van der Waals surface area contributed by atoms with Gasteiger partial charge in [-0.3, -0.25) is 0 Å². The average molecular weight is 375 g/mol. The van der Waals surface area contributed by atoms with E-state index in [1.165, 1.54) is 51.4 Å². The summed E-state index contributed by atoms with van der Waals surface area (Å²) in [6.45, 7) is 8.02. The number of fused-ring (bicyclic) bond motifs is 5. The molecule has 2 N–H and O–H groups in total. The van der Waals surface area contributed by atoms with Crippen LogP contribution in [0.25, 0.3) is 0 Å². The number of allylic oxidation sites excluding steroid dienone is 1. The van der Waals surface area contributed by atoms with Crippen molar-refractivity contribution in [2.75, 3.05) is 6.61 Å². The monoisotopic (exact) mass is 374 g/mol. The molecule has 0 spiro atoms. The lowest BCUT2D eigenvalue weighted by Crippen LogP contribution is -2.50. The molecule has 3 saturated carbocycles. The third-order valence-corrected chi connectivity index (χ3v) is 9.91. The van der Waals surface area contributed by atoms with Crippen molar-refractivity contribution in [3.8, 4) is 0 Å². The fraction of sp³-hybridized carbons (Fsp3) is 0.920. The maximum absolute atomic E-state index is 10.2. The first-order valence-electron chi connectivity index (χ1n) is 11.9. The van der Waals surface area contributed by atoms with Crippen LogP contribution in [-0.2, 0) is 0 Å². The van der Waals surface area contributed by atoms with Crippen LogP contribution in [0, 0.1) is 40.4 Å². The Balaban J connectivity index is 1.52. The minimum absolute atomic E-state index is 0.0923. The van der Waals surface area contributed by atoms with Gasteiger partial charge >= 0.3 is 0 Å². The Bertz CT molecular complexity index is 569. The van der Waals surface area contributed by atoms with Crippen LogP contribution in [0.3, 0.4) is 0 Å². The Hall–Kier alpha value is -0.340. The van der Waals surface area contributed by atoms with Crippen LogP contribution in [-0.4, -0.2) is 22.9 Å². The molecule has 0 saturated heterocycles. The van der Waals surface area contributed by atoms with E-state index in [0.717, 1.165) is 48.9 Å². The van der Waals surface area contributed by atoms with E-state index in [1.807, 2.05) is 0 Å². The highest BCUT2D eigenvalue weighted by Crippen LogP contribution is 2.67. The second kappa shape index (κ2) is 7.48. The van der Waals surface area contributed by atoms with Gasteiger partial charge in [0.2, 0.25) is 0 Å². The molecular weight excluding hydrogens is 332 g/mol. The summed E-state index contributed by atoms with van der Waals surface area (Å²) in [5.41, 5.74) is 2.50. The molecular formula is C25H42O2. The van der Waals surface area contributed by atoms with Gasteiger partial charge < -0.3 is 10.2 Å². The molecule has 0 radical (unpaired) electrons. The number of hydrogen-bond acceptors (Lipinski definition) is 2. The topological polar surface area (TPSA) is 40.5 Å². The summed E-state index contributed by atoms with van der Waals surface area (Å²) in [5.74, 6) is 4.32. The molecule has 2 nitrogen and oxygen atoms in total. The molecule has 0 aromatic heterocycles. The second-order valence-corrected chi connectivity index (χ2v) is 11.1. The maximum Gasteiger partial charge on any atom is 0.0577 e. The third kappa shape index (κ3) is 3.23. The molecule has 2 heteroatoms. The Morgan fingerprint density at radius 1 is 1.07 bits per heavy atom. The predicted molar refractivity (Wildman–Crippen MR) is 111 cm³/mol. The minimum Gasteiger partial charge on any atom is -0.396 e. The van der Waals surface area contributed by atoms with E-state index in [-0.39, 0.29) is 6.10 Å². The zero-order chi connectivity index (χ0) is 19.2. The second-order valence-electron chi connectivity index (χ2n) is 11.1.